The van der Waals surface area contributed by atoms with Crippen LogP contribution < -0.4 is 0 Å². The molecule has 6 nitrogen and oxygen atoms in total. The maximum absolute atomic E-state index is 12.9. The molecule has 0 heterocycles. The second-order valence-electron chi connectivity index (χ2n) is 23.8. The Bertz CT molecular complexity index is 1550. The Morgan fingerprint density at radius 2 is 0.439 bits per heavy atom. The van der Waals surface area contributed by atoms with E-state index in [9.17, 15) is 14.4 Å². The van der Waals surface area contributed by atoms with Crippen molar-refractivity contribution in [3.05, 3.63) is 85.1 Å². The van der Waals surface area contributed by atoms with Crippen LogP contribution in [0.4, 0.5) is 0 Å². The van der Waals surface area contributed by atoms with Crippen molar-refractivity contribution in [3.8, 4) is 0 Å². The number of carbonyl (C=O) groups excluding carboxylic acids is 3. The van der Waals surface area contributed by atoms with Crippen molar-refractivity contribution < 1.29 is 28.6 Å². The van der Waals surface area contributed by atoms with Gasteiger partial charge < -0.3 is 14.2 Å². The smallest absolute Gasteiger partial charge is 0.306 e. The lowest BCUT2D eigenvalue weighted by Crippen LogP contribution is -2.30. The first-order chi connectivity index (χ1) is 40.5. The highest BCUT2D eigenvalue weighted by Gasteiger charge is 2.19. The third-order valence-electron chi connectivity index (χ3n) is 15.6. The predicted molar refractivity (Wildman–Crippen MR) is 358 cm³/mol. The van der Waals surface area contributed by atoms with Gasteiger partial charge in [-0.05, 0) is 122 Å². The van der Waals surface area contributed by atoms with E-state index in [1.54, 1.807) is 0 Å². The summed E-state index contributed by atoms with van der Waals surface area (Å²) in [6, 6.07) is 0. The standard InChI is InChI=1S/C76H134O6/c1-4-7-10-13-16-19-22-25-28-31-33-34-35-36-37-38-39-40-41-42-43-46-48-51-54-57-60-63-66-69-75(78)81-72-73(71-80-74(77)68-65-62-59-56-53-50-47-44-30-27-24-21-18-15-12-9-6-3)82-76(79)70-67-64-61-58-55-52-49-45-32-29-26-23-20-17-14-11-8-5-2/h18,20-23,25,27,29-33,35-36,73H,4-17,19,24,26,28,34,37-72H2,1-3H3/b21-18-,23-20-,25-22-,30-27-,32-29-,33-31-,36-35-. The van der Waals surface area contributed by atoms with Gasteiger partial charge in [0.05, 0.1) is 0 Å². The Morgan fingerprint density at radius 3 is 0.720 bits per heavy atom. The van der Waals surface area contributed by atoms with Gasteiger partial charge in [-0.1, -0.05) is 305 Å². The minimum absolute atomic E-state index is 0.0806. The molecule has 0 aliphatic heterocycles. The SMILES string of the molecule is CCCCC/C=C\C/C=C\CCCCCCCCCC(=O)OCC(COC(=O)CCCCCCCCCCCCCCCC/C=C\C/C=C\C/C=C\CCCCCCC)OC(=O)CCCCCCCCC/C=C\C/C=C\CCCCCC. The summed E-state index contributed by atoms with van der Waals surface area (Å²) in [5.74, 6) is -0.879. The van der Waals surface area contributed by atoms with Gasteiger partial charge in [-0.15, -0.1) is 0 Å². The zero-order valence-corrected chi connectivity index (χ0v) is 54.5. The van der Waals surface area contributed by atoms with Crippen LogP contribution in [-0.2, 0) is 28.6 Å². The molecule has 0 saturated heterocycles. The van der Waals surface area contributed by atoms with Crippen molar-refractivity contribution >= 4 is 17.9 Å². The van der Waals surface area contributed by atoms with Crippen LogP contribution in [-0.4, -0.2) is 37.2 Å². The summed E-state index contributed by atoms with van der Waals surface area (Å²) in [6.07, 6.45) is 93.1. The van der Waals surface area contributed by atoms with E-state index in [-0.39, 0.29) is 31.1 Å². The molecule has 1 unspecified atom stereocenters. The largest absolute Gasteiger partial charge is 0.462 e. The van der Waals surface area contributed by atoms with Gasteiger partial charge in [-0.3, -0.25) is 14.4 Å². The number of ether oxygens (including phenoxy) is 3. The van der Waals surface area contributed by atoms with Crippen LogP contribution in [0.25, 0.3) is 0 Å². The summed E-state index contributed by atoms with van der Waals surface area (Å²) in [5, 5.41) is 0. The number of hydrogen-bond acceptors (Lipinski definition) is 6. The lowest BCUT2D eigenvalue weighted by Gasteiger charge is -2.18. The summed E-state index contributed by atoms with van der Waals surface area (Å²) in [5.41, 5.74) is 0. The molecule has 0 amide bonds. The summed E-state index contributed by atoms with van der Waals surface area (Å²) in [7, 11) is 0. The van der Waals surface area contributed by atoms with Gasteiger partial charge >= 0.3 is 17.9 Å². The first kappa shape index (κ1) is 78.6. The molecule has 0 aromatic heterocycles. The van der Waals surface area contributed by atoms with Crippen molar-refractivity contribution in [2.45, 2.75) is 367 Å². The molecule has 474 valence electrons. The van der Waals surface area contributed by atoms with Gasteiger partial charge in [-0.2, -0.15) is 0 Å². The first-order valence-corrected chi connectivity index (χ1v) is 35.6. The van der Waals surface area contributed by atoms with Crippen molar-refractivity contribution in [2.75, 3.05) is 13.2 Å². The van der Waals surface area contributed by atoms with Gasteiger partial charge in [0, 0.05) is 19.3 Å². The summed E-state index contributed by atoms with van der Waals surface area (Å²) < 4.78 is 17.0. The van der Waals surface area contributed by atoms with E-state index in [0.717, 1.165) is 96.3 Å². The third kappa shape index (κ3) is 67.4. The maximum Gasteiger partial charge on any atom is 0.306 e. The molecule has 0 aromatic carbocycles. The average molecular weight is 1140 g/mol. The fraction of sp³-hybridized carbons (Fsp3) is 0.776. The summed E-state index contributed by atoms with van der Waals surface area (Å²) >= 11 is 0. The molecular weight excluding hydrogens is 1010 g/mol. The molecule has 1 atom stereocenters. The van der Waals surface area contributed by atoms with E-state index in [4.69, 9.17) is 14.2 Å². The normalized spacial score (nSPS) is 12.6. The molecular formula is C76H134O6. The lowest BCUT2D eigenvalue weighted by molar-refractivity contribution is -0.167. The Hall–Kier alpha value is -3.41. The second kappa shape index (κ2) is 70.1. The van der Waals surface area contributed by atoms with Gasteiger partial charge in [0.15, 0.2) is 6.10 Å². The molecule has 6 heteroatoms. The van der Waals surface area contributed by atoms with E-state index in [2.05, 4.69) is 106 Å². The second-order valence-corrected chi connectivity index (χ2v) is 23.8. The Morgan fingerprint density at radius 1 is 0.244 bits per heavy atom. The highest BCUT2D eigenvalue weighted by atomic mass is 16.6. The van der Waals surface area contributed by atoms with Crippen LogP contribution in [0.5, 0.6) is 0 Å². The predicted octanol–water partition coefficient (Wildman–Crippen LogP) is 24.6. The van der Waals surface area contributed by atoms with Crippen molar-refractivity contribution in [3.63, 3.8) is 0 Å². The molecule has 82 heavy (non-hydrogen) atoms. The summed E-state index contributed by atoms with van der Waals surface area (Å²) in [4.78, 5) is 38.5. The van der Waals surface area contributed by atoms with Crippen LogP contribution in [0, 0.1) is 0 Å². The van der Waals surface area contributed by atoms with Gasteiger partial charge in [0.1, 0.15) is 13.2 Å². The quantitative estimate of drug-likeness (QED) is 0.0261. The first-order valence-electron chi connectivity index (χ1n) is 35.6. The molecule has 0 spiro atoms. The Kier molecular flexibility index (Phi) is 67.2. The van der Waals surface area contributed by atoms with Crippen molar-refractivity contribution in [1.29, 1.82) is 0 Å². The number of esters is 3. The van der Waals surface area contributed by atoms with E-state index < -0.39 is 6.10 Å². The number of rotatable bonds is 65. The van der Waals surface area contributed by atoms with Gasteiger partial charge in [0.2, 0.25) is 0 Å². The lowest BCUT2D eigenvalue weighted by atomic mass is 10.0. The molecule has 0 fully saturated rings. The molecule has 0 bridgehead atoms. The monoisotopic (exact) mass is 1140 g/mol. The minimum Gasteiger partial charge on any atom is -0.462 e. The van der Waals surface area contributed by atoms with Crippen LogP contribution in [0.3, 0.4) is 0 Å². The van der Waals surface area contributed by atoms with Crippen LogP contribution in [0.2, 0.25) is 0 Å². The molecule has 0 N–H and O–H groups in total. The third-order valence-corrected chi connectivity index (χ3v) is 15.6. The Labute approximate surface area is 509 Å². The molecule has 0 rings (SSSR count). The molecule has 0 saturated carbocycles. The zero-order valence-electron chi connectivity index (χ0n) is 54.5. The van der Waals surface area contributed by atoms with Crippen LogP contribution in [0.15, 0.2) is 85.1 Å². The number of hydrogen-bond donors (Lipinski definition) is 0. The molecule has 0 radical (unpaired) electrons. The average Bonchev–Trinajstić information content (AvgIpc) is 3.47. The van der Waals surface area contributed by atoms with E-state index in [1.807, 2.05) is 0 Å². The van der Waals surface area contributed by atoms with Gasteiger partial charge in [0.25, 0.3) is 0 Å². The number of allylic oxidation sites excluding steroid dienone is 14. The molecule has 0 aliphatic rings. The highest BCUT2D eigenvalue weighted by Crippen LogP contribution is 2.17. The van der Waals surface area contributed by atoms with E-state index in [1.165, 1.54) is 225 Å². The van der Waals surface area contributed by atoms with Crippen LogP contribution in [0.1, 0.15) is 361 Å². The van der Waals surface area contributed by atoms with Crippen LogP contribution >= 0.6 is 0 Å². The minimum atomic E-state index is -0.786. The fourth-order valence-electron chi connectivity index (χ4n) is 10.2. The van der Waals surface area contributed by atoms with Crippen molar-refractivity contribution in [1.82, 2.24) is 0 Å². The van der Waals surface area contributed by atoms with Gasteiger partial charge in [-0.25, -0.2) is 0 Å². The fourth-order valence-corrected chi connectivity index (χ4v) is 10.2. The van der Waals surface area contributed by atoms with Crippen molar-refractivity contribution in [2.24, 2.45) is 0 Å². The van der Waals surface area contributed by atoms with E-state index in [0.29, 0.717) is 19.3 Å². The summed E-state index contributed by atoms with van der Waals surface area (Å²) in [6.45, 7) is 6.62. The maximum atomic E-state index is 12.9. The molecule has 0 aliphatic carbocycles. The topological polar surface area (TPSA) is 78.9 Å². The number of carbonyl (C=O) groups is 3. The molecule has 0 aromatic rings. The number of unbranched alkanes of at least 4 members (excludes halogenated alkanes) is 40. The Balaban J connectivity index is 4.30. The van der Waals surface area contributed by atoms with E-state index >= 15 is 0 Å². The highest BCUT2D eigenvalue weighted by molar-refractivity contribution is 5.71. The zero-order chi connectivity index (χ0) is 59.2.